The number of amides is 1. The van der Waals surface area contributed by atoms with Gasteiger partial charge in [-0.25, -0.2) is 9.37 Å². The lowest BCUT2D eigenvalue weighted by Gasteiger charge is -2.24. The number of nitrogens with zero attached hydrogens (tertiary/aromatic N) is 4. The summed E-state index contributed by atoms with van der Waals surface area (Å²) in [6, 6.07) is 8.27. The summed E-state index contributed by atoms with van der Waals surface area (Å²) in [4.78, 5) is 18.8. The van der Waals surface area contributed by atoms with Crippen LogP contribution in [0.15, 0.2) is 30.3 Å². The molecule has 5 rings (SSSR count). The molecule has 0 unspecified atom stereocenters. The molecule has 0 aliphatic carbocycles. The van der Waals surface area contributed by atoms with E-state index in [0.717, 1.165) is 4.90 Å². The van der Waals surface area contributed by atoms with Crippen LogP contribution in [0.1, 0.15) is 62.4 Å². The average Bonchev–Trinajstić information content (AvgIpc) is 3.19. The smallest absolute Gasteiger partial charge is 0.254 e. The highest BCUT2D eigenvalue weighted by Crippen LogP contribution is 2.48. The summed E-state index contributed by atoms with van der Waals surface area (Å²) < 4.78 is 40.1. The number of aromatic nitrogens is 2. The molecule has 1 amide bonds. The molecular weight excluding hydrogens is 355 g/mol. The van der Waals surface area contributed by atoms with Gasteiger partial charge in [0, 0.05) is 40.3 Å². The Morgan fingerprint density at radius 2 is 2.18 bits per heavy atom. The Balaban J connectivity index is 1.90. The molecule has 0 saturated heterocycles. The third-order valence-corrected chi connectivity index (χ3v) is 5.44. The predicted molar refractivity (Wildman–Crippen MR) is 101 cm³/mol. The van der Waals surface area contributed by atoms with Crippen molar-refractivity contribution in [3.63, 3.8) is 0 Å². The van der Waals surface area contributed by atoms with E-state index in [-0.39, 0.29) is 11.1 Å². The lowest BCUT2D eigenvalue weighted by molar-refractivity contribution is 0.0734. The molecule has 2 aromatic carbocycles. The molecule has 0 spiro atoms. The van der Waals surface area contributed by atoms with Crippen molar-refractivity contribution < 1.29 is 13.3 Å². The Bertz CT molecular complexity index is 1390. The van der Waals surface area contributed by atoms with Crippen LogP contribution in [0, 0.1) is 29.0 Å². The zero-order valence-corrected chi connectivity index (χ0v) is 14.8. The fourth-order valence-electron chi connectivity index (χ4n) is 4.30. The van der Waals surface area contributed by atoms with E-state index in [1.165, 1.54) is 12.1 Å². The Morgan fingerprint density at radius 1 is 1.32 bits per heavy atom. The first-order valence-electron chi connectivity index (χ1n) is 10.3. The quantitative estimate of drug-likeness (QED) is 0.566. The van der Waals surface area contributed by atoms with Crippen LogP contribution >= 0.6 is 0 Å². The van der Waals surface area contributed by atoms with E-state index < -0.39 is 30.8 Å². The first-order chi connectivity index (χ1) is 14.8. The number of rotatable bonds is 0. The van der Waals surface area contributed by atoms with Crippen molar-refractivity contribution in [3.05, 3.63) is 64.2 Å². The third kappa shape index (κ3) is 2.00. The summed E-state index contributed by atoms with van der Waals surface area (Å²) in [6.07, 6.45) is 0.303. The number of hydrogen-bond acceptors (Lipinski definition) is 3. The fraction of sp³-hybridized carbons (Fsp3) is 0.227. The van der Waals surface area contributed by atoms with Crippen LogP contribution in [0.25, 0.3) is 11.0 Å². The van der Waals surface area contributed by atoms with E-state index in [2.05, 4.69) is 16.8 Å². The monoisotopic (exact) mass is 373 g/mol. The van der Waals surface area contributed by atoms with Gasteiger partial charge in [-0.05, 0) is 25.1 Å². The second-order valence-electron chi connectivity index (χ2n) is 6.86. The SMILES string of the molecule is [2H]C([2H])([2H])N1C(=O)c2cccc(C#CC)c2[C@H]2C[C@@H]1c1nc3cc(F)c(C#N)cc3n12. The van der Waals surface area contributed by atoms with Crippen LogP contribution in [-0.4, -0.2) is 27.3 Å². The van der Waals surface area contributed by atoms with Gasteiger partial charge in [-0.2, -0.15) is 5.26 Å². The van der Waals surface area contributed by atoms with Gasteiger partial charge in [-0.1, -0.05) is 12.0 Å². The van der Waals surface area contributed by atoms with Gasteiger partial charge in [0.25, 0.3) is 5.91 Å². The van der Waals surface area contributed by atoms with Gasteiger partial charge in [0.15, 0.2) is 0 Å². The molecule has 6 heteroatoms. The van der Waals surface area contributed by atoms with Crippen LogP contribution in [0.3, 0.4) is 0 Å². The number of halogens is 1. The maximum Gasteiger partial charge on any atom is 0.254 e. The van der Waals surface area contributed by atoms with Crippen molar-refractivity contribution >= 4 is 16.9 Å². The molecule has 0 N–H and O–H groups in total. The number of nitriles is 1. The van der Waals surface area contributed by atoms with E-state index in [1.54, 1.807) is 25.1 Å². The lowest BCUT2D eigenvalue weighted by Crippen LogP contribution is -2.30. The molecule has 2 aliphatic heterocycles. The number of carbonyl (C=O) groups excluding carboxylic acids is 1. The van der Waals surface area contributed by atoms with E-state index in [4.69, 9.17) is 4.11 Å². The molecule has 2 atom stereocenters. The summed E-state index contributed by atoms with van der Waals surface area (Å²) in [5.74, 6) is 4.92. The first kappa shape index (κ1) is 13.5. The Morgan fingerprint density at radius 3 is 2.93 bits per heavy atom. The molecule has 2 bridgehead atoms. The maximum absolute atomic E-state index is 14.2. The van der Waals surface area contributed by atoms with Crippen LogP contribution in [0.2, 0.25) is 0 Å². The van der Waals surface area contributed by atoms with E-state index in [0.29, 0.717) is 34.4 Å². The van der Waals surface area contributed by atoms with E-state index >= 15 is 0 Å². The molecule has 28 heavy (non-hydrogen) atoms. The summed E-state index contributed by atoms with van der Waals surface area (Å²) >= 11 is 0. The molecule has 5 nitrogen and oxygen atoms in total. The van der Waals surface area contributed by atoms with Crippen molar-refractivity contribution in [1.29, 1.82) is 5.26 Å². The van der Waals surface area contributed by atoms with E-state index in [9.17, 15) is 14.4 Å². The van der Waals surface area contributed by atoms with Crippen LogP contribution in [-0.2, 0) is 0 Å². The average molecular weight is 373 g/mol. The third-order valence-electron chi connectivity index (χ3n) is 5.44. The highest BCUT2D eigenvalue weighted by Gasteiger charge is 2.44. The normalized spacial score (nSPS) is 21.5. The van der Waals surface area contributed by atoms with Crippen LogP contribution in [0.4, 0.5) is 4.39 Å². The van der Waals surface area contributed by atoms with Crippen molar-refractivity contribution in [2.75, 3.05) is 6.98 Å². The highest BCUT2D eigenvalue weighted by molar-refractivity contribution is 5.97. The highest BCUT2D eigenvalue weighted by atomic mass is 19.1. The minimum absolute atomic E-state index is 0.125. The minimum atomic E-state index is -2.70. The minimum Gasteiger partial charge on any atom is -0.331 e. The summed E-state index contributed by atoms with van der Waals surface area (Å²) in [5.41, 5.74) is 2.23. The van der Waals surface area contributed by atoms with Gasteiger partial charge in [-0.15, -0.1) is 5.92 Å². The molecule has 136 valence electrons. The number of imidazole rings is 1. The number of benzene rings is 2. The lowest BCUT2D eigenvalue weighted by atomic mass is 9.93. The molecule has 0 fully saturated rings. The van der Waals surface area contributed by atoms with Gasteiger partial charge in [0.1, 0.15) is 17.7 Å². The fourth-order valence-corrected chi connectivity index (χ4v) is 4.30. The van der Waals surface area contributed by atoms with Crippen LogP contribution in [0.5, 0.6) is 0 Å². The maximum atomic E-state index is 14.2. The number of carbonyl (C=O) groups is 1. The van der Waals surface area contributed by atoms with Gasteiger partial charge in [0.2, 0.25) is 0 Å². The van der Waals surface area contributed by atoms with Crippen molar-refractivity contribution in [1.82, 2.24) is 14.5 Å². The van der Waals surface area contributed by atoms with Gasteiger partial charge in [-0.3, -0.25) is 4.79 Å². The zero-order valence-electron chi connectivity index (χ0n) is 17.8. The molecular formula is C22H15FN4O. The number of fused-ring (bicyclic) bond motifs is 9. The Hall–Kier alpha value is -3.64. The summed E-state index contributed by atoms with van der Waals surface area (Å²) in [7, 11) is 0. The second kappa shape index (κ2) is 5.68. The number of hydrogen-bond donors (Lipinski definition) is 0. The van der Waals surface area contributed by atoms with E-state index in [1.807, 2.05) is 10.6 Å². The molecule has 3 heterocycles. The van der Waals surface area contributed by atoms with Crippen molar-refractivity contribution in [3.8, 4) is 17.9 Å². The van der Waals surface area contributed by atoms with Crippen molar-refractivity contribution in [2.24, 2.45) is 0 Å². The van der Waals surface area contributed by atoms with Gasteiger partial charge >= 0.3 is 0 Å². The standard InChI is InChI=1S/C22H15FN4O/c1-3-5-12-6-4-7-14-20(12)18-10-19(26(2)22(14)28)21-25-16-9-15(23)13(11-24)8-17(16)27(18)21/h4,6-9,18-19H,10H2,1-2H3/t18-,19-/m1/s1/i2D3. The molecule has 0 radical (unpaired) electrons. The largest absolute Gasteiger partial charge is 0.331 e. The molecule has 1 aromatic heterocycles. The Labute approximate surface area is 165 Å². The van der Waals surface area contributed by atoms with Gasteiger partial charge < -0.3 is 9.47 Å². The topological polar surface area (TPSA) is 61.9 Å². The summed E-state index contributed by atoms with van der Waals surface area (Å²) in [6.45, 7) is -1.01. The summed E-state index contributed by atoms with van der Waals surface area (Å²) in [5, 5.41) is 9.29. The van der Waals surface area contributed by atoms with Crippen molar-refractivity contribution in [2.45, 2.75) is 25.4 Å². The molecule has 0 saturated carbocycles. The van der Waals surface area contributed by atoms with Gasteiger partial charge in [0.05, 0.1) is 28.7 Å². The molecule has 2 aliphatic rings. The first-order valence-corrected chi connectivity index (χ1v) is 8.77. The predicted octanol–water partition coefficient (Wildman–Crippen LogP) is 3.54. The van der Waals surface area contributed by atoms with Crippen LogP contribution < -0.4 is 0 Å². The molecule has 3 aromatic rings. The Kier molecular flexibility index (Phi) is 2.74. The zero-order chi connectivity index (χ0) is 22.1. The second-order valence-corrected chi connectivity index (χ2v) is 6.86.